The fourth-order valence-electron chi connectivity index (χ4n) is 1.19. The van der Waals surface area contributed by atoms with Crippen molar-refractivity contribution in [2.24, 2.45) is 5.14 Å². The molecular formula is C9H8ClF3N2O3S. The fraction of sp³-hybridized carbons (Fsp3) is 0.222. The second-order valence-electron chi connectivity index (χ2n) is 3.41. The maximum absolute atomic E-state index is 13.4. The maximum atomic E-state index is 13.4. The Morgan fingerprint density at radius 3 is 2.47 bits per heavy atom. The van der Waals surface area contributed by atoms with E-state index in [1.54, 1.807) is 5.32 Å². The van der Waals surface area contributed by atoms with Gasteiger partial charge in [0.05, 0.1) is 17.1 Å². The minimum absolute atomic E-state index is 0.509. The van der Waals surface area contributed by atoms with Gasteiger partial charge in [-0.25, -0.2) is 26.7 Å². The molecule has 5 nitrogen and oxygen atoms in total. The second-order valence-corrected chi connectivity index (χ2v) is 5.35. The smallest absolute Gasteiger partial charge is 0.255 e. The zero-order valence-corrected chi connectivity index (χ0v) is 10.7. The van der Waals surface area contributed by atoms with Crippen LogP contribution in [0.15, 0.2) is 17.0 Å². The molecule has 0 atom stereocenters. The molecule has 0 spiro atoms. The van der Waals surface area contributed by atoms with E-state index in [1.165, 1.54) is 0 Å². The normalized spacial score (nSPS) is 11.7. The number of halogens is 4. The minimum atomic E-state index is -4.26. The van der Waals surface area contributed by atoms with Crippen LogP contribution in [0.1, 0.15) is 10.4 Å². The Morgan fingerprint density at radius 1 is 1.42 bits per heavy atom. The van der Waals surface area contributed by atoms with Gasteiger partial charge in [0.25, 0.3) is 12.3 Å². The highest BCUT2D eigenvalue weighted by molar-refractivity contribution is 7.89. The SMILES string of the molecule is NS(=O)(=O)c1cc(C(=O)NCC(F)F)c(F)cc1Cl. The lowest BCUT2D eigenvalue weighted by Crippen LogP contribution is -2.29. The third-order valence-electron chi connectivity index (χ3n) is 1.99. The van der Waals surface area contributed by atoms with Crippen LogP contribution in [0.5, 0.6) is 0 Å². The highest BCUT2D eigenvalue weighted by Gasteiger charge is 2.21. The van der Waals surface area contributed by atoms with Crippen LogP contribution in [0.2, 0.25) is 5.02 Å². The van der Waals surface area contributed by atoms with Crippen LogP contribution in [0, 0.1) is 5.82 Å². The molecule has 3 N–H and O–H groups in total. The first kappa shape index (κ1) is 15.7. The average molecular weight is 317 g/mol. The largest absolute Gasteiger partial charge is 0.346 e. The van der Waals surface area contributed by atoms with Crippen molar-refractivity contribution in [3.05, 3.63) is 28.5 Å². The van der Waals surface area contributed by atoms with E-state index in [1.807, 2.05) is 0 Å². The van der Waals surface area contributed by atoms with Crippen molar-refractivity contribution in [1.29, 1.82) is 0 Å². The number of hydrogen-bond donors (Lipinski definition) is 2. The third kappa shape index (κ3) is 4.08. The number of primary sulfonamides is 1. The first-order valence-electron chi connectivity index (χ1n) is 4.71. The lowest BCUT2D eigenvalue weighted by atomic mass is 10.2. The number of benzene rings is 1. The number of amides is 1. The number of nitrogens with two attached hydrogens (primary N) is 1. The molecule has 1 aromatic carbocycles. The zero-order chi connectivity index (χ0) is 14.8. The number of alkyl halides is 2. The van der Waals surface area contributed by atoms with Crippen molar-refractivity contribution >= 4 is 27.5 Å². The Morgan fingerprint density at radius 2 is 2.00 bits per heavy atom. The van der Waals surface area contributed by atoms with E-state index in [-0.39, 0.29) is 0 Å². The van der Waals surface area contributed by atoms with Gasteiger partial charge in [0.15, 0.2) is 0 Å². The van der Waals surface area contributed by atoms with Gasteiger partial charge in [-0.05, 0) is 12.1 Å². The van der Waals surface area contributed by atoms with Gasteiger partial charge < -0.3 is 5.32 Å². The summed E-state index contributed by atoms with van der Waals surface area (Å²) in [6, 6.07) is 1.16. The zero-order valence-electron chi connectivity index (χ0n) is 9.16. The standard InChI is InChI=1S/C9H8ClF3N2O3S/c10-5-2-6(11)4(1-7(5)19(14,17)18)9(16)15-3-8(12)13/h1-2,8H,3H2,(H,15,16)(H2,14,17,18). The monoisotopic (exact) mass is 316 g/mol. The highest BCUT2D eigenvalue weighted by atomic mass is 35.5. The van der Waals surface area contributed by atoms with Gasteiger partial charge in [0.1, 0.15) is 10.7 Å². The lowest BCUT2D eigenvalue weighted by molar-refractivity contribution is 0.0887. The quantitative estimate of drug-likeness (QED) is 0.872. The van der Waals surface area contributed by atoms with Gasteiger partial charge in [0.2, 0.25) is 10.0 Å². The van der Waals surface area contributed by atoms with E-state index in [4.69, 9.17) is 16.7 Å². The lowest BCUT2D eigenvalue weighted by Gasteiger charge is -2.08. The van der Waals surface area contributed by atoms with Crippen molar-refractivity contribution in [3.63, 3.8) is 0 Å². The summed E-state index contributed by atoms with van der Waals surface area (Å²) in [5.74, 6) is -2.34. The Kier molecular flexibility index (Phi) is 4.77. The second kappa shape index (κ2) is 5.76. The molecule has 0 heterocycles. The van der Waals surface area contributed by atoms with Crippen molar-refractivity contribution in [2.45, 2.75) is 11.3 Å². The average Bonchev–Trinajstić information content (AvgIpc) is 2.24. The molecule has 1 amide bonds. The van der Waals surface area contributed by atoms with Gasteiger partial charge in [-0.15, -0.1) is 0 Å². The van der Waals surface area contributed by atoms with E-state index >= 15 is 0 Å². The van der Waals surface area contributed by atoms with Gasteiger partial charge >= 0.3 is 0 Å². The van der Waals surface area contributed by atoms with Crippen LogP contribution in [-0.4, -0.2) is 27.3 Å². The van der Waals surface area contributed by atoms with E-state index in [9.17, 15) is 26.4 Å². The summed E-state index contributed by atoms with van der Waals surface area (Å²) in [4.78, 5) is 10.7. The van der Waals surface area contributed by atoms with Gasteiger partial charge in [-0.3, -0.25) is 4.79 Å². The summed E-state index contributed by atoms with van der Waals surface area (Å²) >= 11 is 5.47. The number of sulfonamides is 1. The number of carbonyl (C=O) groups is 1. The molecular weight excluding hydrogens is 309 g/mol. The van der Waals surface area contributed by atoms with Crippen LogP contribution in [-0.2, 0) is 10.0 Å². The van der Waals surface area contributed by atoms with E-state index < -0.39 is 50.2 Å². The predicted molar refractivity (Wildman–Crippen MR) is 61.1 cm³/mol. The minimum Gasteiger partial charge on any atom is -0.346 e. The van der Waals surface area contributed by atoms with Crippen LogP contribution < -0.4 is 10.5 Å². The molecule has 0 radical (unpaired) electrons. The topological polar surface area (TPSA) is 89.3 Å². The van der Waals surface area contributed by atoms with Crippen LogP contribution in [0.3, 0.4) is 0 Å². The van der Waals surface area contributed by atoms with E-state index in [2.05, 4.69) is 0 Å². The molecule has 0 saturated carbocycles. The first-order valence-corrected chi connectivity index (χ1v) is 6.63. The van der Waals surface area contributed by atoms with E-state index in [0.717, 1.165) is 0 Å². The molecule has 19 heavy (non-hydrogen) atoms. The molecule has 0 saturated heterocycles. The van der Waals surface area contributed by atoms with Gasteiger partial charge in [-0.1, -0.05) is 11.6 Å². The molecule has 106 valence electrons. The molecule has 0 aromatic heterocycles. The summed E-state index contributed by atoms with van der Waals surface area (Å²) in [5, 5.41) is 6.03. The Bertz CT molecular complexity index is 607. The Hall–Kier alpha value is -1.32. The molecule has 10 heteroatoms. The molecule has 0 aliphatic heterocycles. The summed E-state index contributed by atoms with van der Waals surface area (Å²) in [5.41, 5.74) is -0.742. The first-order chi connectivity index (χ1) is 8.62. The maximum Gasteiger partial charge on any atom is 0.255 e. The molecule has 0 aliphatic rings. The fourth-order valence-corrected chi connectivity index (χ4v) is 2.27. The summed E-state index contributed by atoms with van der Waals surface area (Å²) < 4.78 is 59.5. The van der Waals surface area contributed by atoms with Gasteiger partial charge in [0, 0.05) is 0 Å². The summed E-state index contributed by atoms with van der Waals surface area (Å²) in [6.07, 6.45) is -2.82. The molecule has 0 bridgehead atoms. The Labute approximate surface area is 111 Å². The highest BCUT2D eigenvalue weighted by Crippen LogP contribution is 2.24. The molecule has 1 aromatic rings. The number of nitrogens with one attached hydrogen (secondary N) is 1. The molecule has 0 aliphatic carbocycles. The third-order valence-corrected chi connectivity index (χ3v) is 3.37. The van der Waals surface area contributed by atoms with E-state index in [0.29, 0.717) is 12.1 Å². The van der Waals surface area contributed by atoms with Crippen LogP contribution in [0.25, 0.3) is 0 Å². The molecule has 0 unspecified atom stereocenters. The number of carbonyl (C=O) groups excluding carboxylic acids is 1. The molecule has 1 rings (SSSR count). The number of hydrogen-bond acceptors (Lipinski definition) is 3. The van der Waals surface area contributed by atoms with Crippen molar-refractivity contribution in [2.75, 3.05) is 6.54 Å². The molecule has 0 fully saturated rings. The van der Waals surface area contributed by atoms with Crippen LogP contribution >= 0.6 is 11.6 Å². The van der Waals surface area contributed by atoms with Crippen molar-refractivity contribution in [3.8, 4) is 0 Å². The summed E-state index contributed by atoms with van der Waals surface area (Å²) in [7, 11) is -4.26. The predicted octanol–water partition coefficient (Wildman–Crippen LogP) is 1.12. The Balaban J connectivity index is 3.19. The van der Waals surface area contributed by atoms with Crippen molar-refractivity contribution < 1.29 is 26.4 Å². The van der Waals surface area contributed by atoms with Crippen LogP contribution in [0.4, 0.5) is 13.2 Å². The number of rotatable bonds is 4. The summed E-state index contributed by atoms with van der Waals surface area (Å²) in [6.45, 7) is -0.994. The van der Waals surface area contributed by atoms with Gasteiger partial charge in [-0.2, -0.15) is 0 Å². The van der Waals surface area contributed by atoms with Crippen molar-refractivity contribution in [1.82, 2.24) is 5.32 Å².